The second-order valence-electron chi connectivity index (χ2n) is 1.86. The lowest BCUT2D eigenvalue weighted by molar-refractivity contribution is -0.122. The lowest BCUT2D eigenvalue weighted by atomic mass is 10.6. The smallest absolute Gasteiger partial charge is 0.234 e. The Kier molecular flexibility index (Phi) is 4.48. The molecule has 1 unspecified atom stereocenters. The number of nitrogens with one attached hydrogen (secondary N) is 1. The van der Waals surface area contributed by atoms with Gasteiger partial charge in [0.1, 0.15) is 0 Å². The molecule has 0 aliphatic carbocycles. The van der Waals surface area contributed by atoms with Gasteiger partial charge in [0, 0.05) is 14.0 Å². The molecule has 0 aliphatic heterocycles. The first kappa shape index (κ1) is 11.3. The molecule has 1 amide bonds. The van der Waals surface area contributed by atoms with Gasteiger partial charge in [-0.15, -0.1) is 0 Å². The van der Waals surface area contributed by atoms with E-state index in [4.69, 9.17) is 39.5 Å². The Morgan fingerprint density at radius 3 is 2.09 bits per heavy atom. The SMILES string of the molecule is COC(NC(C)=O)C(Cl)(Cl)Cl. The number of hydrogen-bond acceptors (Lipinski definition) is 2. The molecule has 0 saturated carbocycles. The summed E-state index contributed by atoms with van der Waals surface area (Å²) in [6.45, 7) is 1.31. The molecule has 0 bridgehead atoms. The van der Waals surface area contributed by atoms with Crippen LogP contribution in [0.1, 0.15) is 6.92 Å². The predicted molar refractivity (Wildman–Crippen MR) is 44.9 cm³/mol. The summed E-state index contributed by atoms with van der Waals surface area (Å²) in [6, 6.07) is 0. The fraction of sp³-hybridized carbons (Fsp3) is 0.800. The largest absolute Gasteiger partial charge is 0.357 e. The van der Waals surface area contributed by atoms with Gasteiger partial charge in [0.05, 0.1) is 0 Å². The van der Waals surface area contributed by atoms with Crippen LogP contribution in [0.15, 0.2) is 0 Å². The quantitative estimate of drug-likeness (QED) is 0.565. The number of hydrogen-bond donors (Lipinski definition) is 1. The second-order valence-corrected chi connectivity index (χ2v) is 4.23. The van der Waals surface area contributed by atoms with Gasteiger partial charge in [-0.3, -0.25) is 4.79 Å². The van der Waals surface area contributed by atoms with Crippen LogP contribution in [0, 0.1) is 0 Å². The van der Waals surface area contributed by atoms with Crippen molar-refractivity contribution in [3.63, 3.8) is 0 Å². The molecule has 0 radical (unpaired) electrons. The molecule has 11 heavy (non-hydrogen) atoms. The van der Waals surface area contributed by atoms with Crippen LogP contribution in [0.4, 0.5) is 0 Å². The summed E-state index contributed by atoms with van der Waals surface area (Å²) in [5.74, 6) is -0.317. The zero-order valence-electron chi connectivity index (χ0n) is 6.03. The molecule has 0 heterocycles. The first-order valence-corrected chi connectivity index (χ1v) is 3.88. The highest BCUT2D eigenvalue weighted by Gasteiger charge is 2.33. The van der Waals surface area contributed by atoms with Crippen molar-refractivity contribution < 1.29 is 9.53 Å². The van der Waals surface area contributed by atoms with E-state index in [9.17, 15) is 4.79 Å². The minimum atomic E-state index is -1.64. The summed E-state index contributed by atoms with van der Waals surface area (Å²) in [5, 5.41) is 2.31. The Bertz CT molecular complexity index is 145. The molecule has 3 nitrogen and oxygen atoms in total. The van der Waals surface area contributed by atoms with Crippen molar-refractivity contribution in [1.29, 1.82) is 0 Å². The third-order valence-electron chi connectivity index (χ3n) is 0.867. The van der Waals surface area contributed by atoms with Crippen LogP contribution in [0.2, 0.25) is 0 Å². The van der Waals surface area contributed by atoms with Crippen LogP contribution < -0.4 is 5.32 Å². The van der Waals surface area contributed by atoms with E-state index in [1.165, 1.54) is 14.0 Å². The van der Waals surface area contributed by atoms with Gasteiger partial charge in [-0.2, -0.15) is 0 Å². The lowest BCUT2D eigenvalue weighted by Gasteiger charge is -2.22. The number of rotatable bonds is 2. The van der Waals surface area contributed by atoms with Crippen molar-refractivity contribution in [3.8, 4) is 0 Å². The highest BCUT2D eigenvalue weighted by molar-refractivity contribution is 6.68. The minimum absolute atomic E-state index is 0.317. The molecule has 0 spiro atoms. The second kappa shape index (κ2) is 4.36. The van der Waals surface area contributed by atoms with Crippen molar-refractivity contribution >= 4 is 40.7 Å². The Morgan fingerprint density at radius 1 is 1.55 bits per heavy atom. The summed E-state index contributed by atoms with van der Waals surface area (Å²) in [4.78, 5) is 10.5. The number of carbonyl (C=O) groups is 1. The van der Waals surface area contributed by atoms with E-state index in [0.717, 1.165) is 0 Å². The van der Waals surface area contributed by atoms with Gasteiger partial charge >= 0.3 is 0 Å². The maximum absolute atomic E-state index is 10.5. The Balaban J connectivity index is 4.07. The molecule has 0 rings (SSSR count). The predicted octanol–water partition coefficient (Wildman–Crippen LogP) is 1.47. The molecule has 0 saturated heterocycles. The number of amides is 1. The van der Waals surface area contributed by atoms with E-state index in [1.807, 2.05) is 0 Å². The van der Waals surface area contributed by atoms with E-state index in [-0.39, 0.29) is 5.91 Å². The topological polar surface area (TPSA) is 38.3 Å². The van der Waals surface area contributed by atoms with E-state index in [0.29, 0.717) is 0 Å². The fourth-order valence-corrected chi connectivity index (χ4v) is 0.890. The first-order valence-electron chi connectivity index (χ1n) is 2.74. The normalized spacial score (nSPS) is 14.3. The van der Waals surface area contributed by atoms with Gasteiger partial charge in [-0.25, -0.2) is 0 Å². The molecular formula is C5H8Cl3NO2. The van der Waals surface area contributed by atoms with Crippen molar-refractivity contribution in [3.05, 3.63) is 0 Å². The molecule has 0 fully saturated rings. The highest BCUT2D eigenvalue weighted by atomic mass is 35.6. The third kappa shape index (κ3) is 4.69. The van der Waals surface area contributed by atoms with Crippen LogP contribution in [0.25, 0.3) is 0 Å². The maximum atomic E-state index is 10.5. The monoisotopic (exact) mass is 219 g/mol. The molecule has 0 aromatic heterocycles. The molecule has 66 valence electrons. The number of alkyl halides is 3. The van der Waals surface area contributed by atoms with Gasteiger partial charge in [-0.05, 0) is 0 Å². The van der Waals surface area contributed by atoms with Gasteiger partial charge in [0.15, 0.2) is 6.23 Å². The third-order valence-corrected chi connectivity index (χ3v) is 1.46. The molecule has 1 atom stereocenters. The summed E-state index contributed by atoms with van der Waals surface area (Å²) in [7, 11) is 1.34. The van der Waals surface area contributed by atoms with Gasteiger partial charge in [0.2, 0.25) is 9.70 Å². The van der Waals surface area contributed by atoms with Gasteiger partial charge in [-0.1, -0.05) is 34.8 Å². The summed E-state index contributed by atoms with van der Waals surface area (Å²) >= 11 is 16.3. The van der Waals surface area contributed by atoms with Crippen LogP contribution in [-0.4, -0.2) is 23.0 Å². The molecule has 0 aliphatic rings. The van der Waals surface area contributed by atoms with Crippen molar-refractivity contribution in [2.45, 2.75) is 16.9 Å². The van der Waals surface area contributed by atoms with Crippen molar-refractivity contribution in [2.24, 2.45) is 0 Å². The van der Waals surface area contributed by atoms with E-state index in [2.05, 4.69) is 5.32 Å². The number of methoxy groups -OCH3 is 1. The average molecular weight is 220 g/mol. The minimum Gasteiger partial charge on any atom is -0.357 e. The molecule has 0 aromatic rings. The zero-order valence-corrected chi connectivity index (χ0v) is 8.30. The van der Waals surface area contributed by atoms with E-state index >= 15 is 0 Å². The van der Waals surface area contributed by atoms with E-state index < -0.39 is 10.0 Å². The number of halogens is 3. The zero-order chi connectivity index (χ0) is 9.07. The van der Waals surface area contributed by atoms with Crippen LogP contribution in [-0.2, 0) is 9.53 Å². The lowest BCUT2D eigenvalue weighted by Crippen LogP contribution is -2.44. The summed E-state index contributed by atoms with van der Waals surface area (Å²) < 4.78 is 3.06. The van der Waals surface area contributed by atoms with Crippen LogP contribution in [0.3, 0.4) is 0 Å². The molecule has 0 aromatic carbocycles. The number of ether oxygens (including phenoxy) is 1. The molecule has 6 heteroatoms. The van der Waals surface area contributed by atoms with Gasteiger partial charge < -0.3 is 10.1 Å². The Morgan fingerprint density at radius 2 is 2.00 bits per heavy atom. The van der Waals surface area contributed by atoms with Crippen molar-refractivity contribution in [1.82, 2.24) is 5.32 Å². The van der Waals surface area contributed by atoms with E-state index in [1.54, 1.807) is 0 Å². The summed E-state index contributed by atoms with van der Waals surface area (Å²) in [6.07, 6.45) is -0.912. The van der Waals surface area contributed by atoms with Crippen LogP contribution in [0.5, 0.6) is 0 Å². The molecule has 1 N–H and O–H groups in total. The Labute approximate surface area is 79.9 Å². The highest BCUT2D eigenvalue weighted by Crippen LogP contribution is 2.30. The number of carbonyl (C=O) groups excluding carboxylic acids is 1. The van der Waals surface area contributed by atoms with Crippen molar-refractivity contribution in [2.75, 3.05) is 7.11 Å². The standard InChI is InChI=1S/C5H8Cl3NO2/c1-3(10)9-4(11-2)5(6,7)8/h4H,1-2H3,(H,9,10). The fourth-order valence-electron chi connectivity index (χ4n) is 0.459. The summed E-state index contributed by atoms with van der Waals surface area (Å²) in [5.41, 5.74) is 0. The molecular weight excluding hydrogens is 212 g/mol. The van der Waals surface area contributed by atoms with Gasteiger partial charge in [0.25, 0.3) is 0 Å². The van der Waals surface area contributed by atoms with Crippen LogP contribution >= 0.6 is 34.8 Å². The first-order chi connectivity index (χ1) is 4.88. The average Bonchev–Trinajstić information content (AvgIpc) is 1.79. The maximum Gasteiger partial charge on any atom is 0.234 e. The Hall–Kier alpha value is 0.300.